The van der Waals surface area contributed by atoms with Crippen LogP contribution in [0.5, 0.6) is 5.88 Å². The van der Waals surface area contributed by atoms with Crippen molar-refractivity contribution in [1.82, 2.24) is 19.8 Å². The van der Waals surface area contributed by atoms with Gasteiger partial charge >= 0.3 is 0 Å². The second kappa shape index (κ2) is 9.26. The van der Waals surface area contributed by atoms with Crippen molar-refractivity contribution in [2.24, 2.45) is 0 Å². The maximum Gasteiger partial charge on any atom is 0.289 e. The summed E-state index contributed by atoms with van der Waals surface area (Å²) in [5, 5.41) is 21.6. The summed E-state index contributed by atoms with van der Waals surface area (Å²) < 4.78 is 1.95. The molecule has 0 bridgehead atoms. The number of rotatable bonds is 7. The summed E-state index contributed by atoms with van der Waals surface area (Å²) in [7, 11) is 0. The maximum atomic E-state index is 13.5. The fraction of sp³-hybridized carbons (Fsp3) is 0.333. The average molecular weight is 513 g/mol. The number of β-amino-alcohol motifs (C(OH)–C–C–N with tert-alkyl or cyclic N) is 1. The SMILES string of the molecule is O=[N+](CCN1CCN(CCO)CC1)c1c(-c2c(O)[nH]c3cc(Br)ccc23)[nH]c2ccccc12. The van der Waals surface area contributed by atoms with Crippen LogP contribution in [-0.4, -0.2) is 87.2 Å². The second-order valence-electron chi connectivity index (χ2n) is 8.44. The summed E-state index contributed by atoms with van der Waals surface area (Å²) in [6.07, 6.45) is 0. The van der Waals surface area contributed by atoms with E-state index in [4.69, 9.17) is 5.11 Å². The van der Waals surface area contributed by atoms with Crippen LogP contribution in [0.4, 0.5) is 5.69 Å². The van der Waals surface area contributed by atoms with Crippen molar-refractivity contribution in [2.45, 2.75) is 0 Å². The maximum absolute atomic E-state index is 13.5. The van der Waals surface area contributed by atoms with Gasteiger partial charge in [-0.1, -0.05) is 34.1 Å². The topological polar surface area (TPSA) is 98.6 Å². The van der Waals surface area contributed by atoms with Crippen LogP contribution >= 0.6 is 15.9 Å². The smallest absolute Gasteiger partial charge is 0.289 e. The number of nitrogens with one attached hydrogen (secondary N) is 2. The van der Waals surface area contributed by atoms with E-state index in [9.17, 15) is 10.0 Å². The molecule has 5 rings (SSSR count). The minimum Gasteiger partial charge on any atom is -0.494 e. The van der Waals surface area contributed by atoms with Gasteiger partial charge in [-0.2, -0.15) is 0 Å². The molecule has 0 unspecified atom stereocenters. The highest BCUT2D eigenvalue weighted by Crippen LogP contribution is 2.44. The Morgan fingerprint density at radius 1 is 0.939 bits per heavy atom. The third-order valence-electron chi connectivity index (χ3n) is 6.42. The Balaban J connectivity index is 1.46. The number of aromatic hydroxyl groups is 1. The van der Waals surface area contributed by atoms with Gasteiger partial charge in [-0.3, -0.25) is 9.80 Å². The zero-order valence-corrected chi connectivity index (χ0v) is 19.8. The molecule has 0 spiro atoms. The molecule has 8 nitrogen and oxygen atoms in total. The summed E-state index contributed by atoms with van der Waals surface area (Å²) in [4.78, 5) is 24.4. The molecule has 33 heavy (non-hydrogen) atoms. The number of nitrogens with zero attached hydrogens (tertiary/aromatic N) is 3. The first-order chi connectivity index (χ1) is 16.0. The monoisotopic (exact) mass is 512 g/mol. The highest BCUT2D eigenvalue weighted by molar-refractivity contribution is 9.10. The van der Waals surface area contributed by atoms with Crippen molar-refractivity contribution in [3.63, 3.8) is 0 Å². The van der Waals surface area contributed by atoms with E-state index in [1.807, 2.05) is 42.5 Å². The van der Waals surface area contributed by atoms with E-state index in [1.165, 1.54) is 0 Å². The van der Waals surface area contributed by atoms with Crippen LogP contribution in [0.3, 0.4) is 0 Å². The van der Waals surface area contributed by atoms with Crippen LogP contribution < -0.4 is 0 Å². The largest absolute Gasteiger partial charge is 0.494 e. The van der Waals surface area contributed by atoms with E-state index in [2.05, 4.69) is 35.7 Å². The molecule has 3 heterocycles. The quantitative estimate of drug-likeness (QED) is 0.282. The number of H-pyrrole nitrogens is 2. The molecule has 4 aromatic rings. The minimum atomic E-state index is 0.0318. The van der Waals surface area contributed by atoms with E-state index in [1.54, 1.807) is 0 Å². The lowest BCUT2D eigenvalue weighted by Crippen LogP contribution is -2.48. The molecule has 9 heteroatoms. The van der Waals surface area contributed by atoms with Gasteiger partial charge in [0.15, 0.2) is 5.88 Å². The molecule has 0 aliphatic carbocycles. The van der Waals surface area contributed by atoms with Gasteiger partial charge in [0.2, 0.25) is 6.54 Å². The van der Waals surface area contributed by atoms with Crippen LogP contribution in [0.2, 0.25) is 0 Å². The van der Waals surface area contributed by atoms with Gasteiger partial charge in [0.1, 0.15) is 5.69 Å². The number of aliphatic hydroxyl groups is 1. The molecule has 0 saturated carbocycles. The lowest BCUT2D eigenvalue weighted by Gasteiger charge is -2.33. The molecule has 1 fully saturated rings. The lowest BCUT2D eigenvalue weighted by atomic mass is 10.1. The Morgan fingerprint density at radius 2 is 1.67 bits per heavy atom. The van der Waals surface area contributed by atoms with E-state index in [0.29, 0.717) is 36.6 Å². The molecule has 2 aromatic carbocycles. The van der Waals surface area contributed by atoms with Crippen molar-refractivity contribution in [3.05, 3.63) is 51.8 Å². The molecular weight excluding hydrogens is 486 g/mol. The summed E-state index contributed by atoms with van der Waals surface area (Å²) in [5.41, 5.74) is 3.40. The third-order valence-corrected chi connectivity index (χ3v) is 6.91. The molecule has 2 aromatic heterocycles. The van der Waals surface area contributed by atoms with Gasteiger partial charge in [-0.05, 0) is 24.3 Å². The number of para-hydroxylation sites is 1. The number of piperazine rings is 1. The number of fused-ring (bicyclic) bond motifs is 2. The minimum absolute atomic E-state index is 0.0318. The van der Waals surface area contributed by atoms with Crippen LogP contribution in [0.15, 0.2) is 46.9 Å². The standard InChI is InChI=1S/C24H26BrN5O3/c25-16-5-6-17-20(15-16)27-24(32)21(17)22-23(18-3-1-2-4-19(18)26-22)30(33)12-11-28-7-9-29(10-8-28)13-14-31/h1-6,15,31H,7-14H2,(H2-,26,27,32,33)/p+1. The van der Waals surface area contributed by atoms with Gasteiger partial charge in [0.05, 0.1) is 35.1 Å². The number of halogens is 1. The lowest BCUT2D eigenvalue weighted by molar-refractivity contribution is -0.461. The molecule has 0 atom stereocenters. The van der Waals surface area contributed by atoms with Crippen molar-refractivity contribution >= 4 is 43.4 Å². The van der Waals surface area contributed by atoms with Crippen molar-refractivity contribution in [1.29, 1.82) is 0 Å². The predicted octanol–water partition coefficient (Wildman–Crippen LogP) is 3.80. The summed E-state index contributed by atoms with van der Waals surface area (Å²) in [5.74, 6) is 0.0318. The van der Waals surface area contributed by atoms with Gasteiger partial charge in [0.25, 0.3) is 5.69 Å². The molecule has 0 radical (unpaired) electrons. The van der Waals surface area contributed by atoms with Gasteiger partial charge in [-0.15, -0.1) is 0 Å². The van der Waals surface area contributed by atoms with Gasteiger partial charge in [0, 0.05) is 52.2 Å². The number of aromatic nitrogens is 2. The van der Waals surface area contributed by atoms with Gasteiger partial charge < -0.3 is 20.2 Å². The summed E-state index contributed by atoms with van der Waals surface area (Å²) in [6.45, 7) is 5.42. The van der Waals surface area contributed by atoms with Crippen LogP contribution in [0.1, 0.15) is 0 Å². The Bertz CT molecular complexity index is 1310. The highest BCUT2D eigenvalue weighted by Gasteiger charge is 2.30. The van der Waals surface area contributed by atoms with Crippen LogP contribution in [-0.2, 0) is 0 Å². The fourth-order valence-corrected chi connectivity index (χ4v) is 5.06. The average Bonchev–Trinajstić information content (AvgIpc) is 3.34. The Kier molecular flexibility index (Phi) is 6.20. The summed E-state index contributed by atoms with van der Waals surface area (Å²) >= 11 is 3.47. The Labute approximate surface area is 199 Å². The molecular formula is C24H27BrN5O3+. The number of hydrogen-bond donors (Lipinski definition) is 4. The molecule has 172 valence electrons. The van der Waals surface area contributed by atoms with E-state index in [0.717, 1.165) is 57.2 Å². The number of hydrogen-bond acceptors (Lipinski definition) is 5. The molecule has 1 aliphatic heterocycles. The molecule has 1 aliphatic rings. The number of aliphatic hydroxyl groups excluding tert-OH is 1. The first-order valence-corrected chi connectivity index (χ1v) is 12.0. The number of nitroso groups, excluding NO2 is 1. The van der Waals surface area contributed by atoms with E-state index < -0.39 is 0 Å². The fourth-order valence-electron chi connectivity index (χ4n) is 4.70. The first kappa shape index (κ1) is 22.1. The Hall–Kier alpha value is -2.72. The highest BCUT2D eigenvalue weighted by atomic mass is 79.9. The van der Waals surface area contributed by atoms with Crippen LogP contribution in [0, 0.1) is 4.91 Å². The van der Waals surface area contributed by atoms with Gasteiger partial charge in [-0.25, -0.2) is 0 Å². The van der Waals surface area contributed by atoms with Crippen molar-refractivity contribution in [2.75, 3.05) is 52.4 Å². The van der Waals surface area contributed by atoms with E-state index in [-0.39, 0.29) is 12.5 Å². The normalized spacial score (nSPS) is 15.6. The molecule has 4 N–H and O–H groups in total. The predicted molar refractivity (Wildman–Crippen MR) is 133 cm³/mol. The van der Waals surface area contributed by atoms with Crippen molar-refractivity contribution in [3.8, 4) is 17.1 Å². The van der Waals surface area contributed by atoms with Crippen molar-refractivity contribution < 1.29 is 15.0 Å². The number of aromatic amines is 2. The second-order valence-corrected chi connectivity index (χ2v) is 9.36. The number of benzene rings is 2. The zero-order chi connectivity index (χ0) is 22.9. The molecule has 0 amide bonds. The molecule has 1 saturated heterocycles. The summed E-state index contributed by atoms with van der Waals surface area (Å²) in [6, 6.07) is 13.5. The zero-order valence-electron chi connectivity index (χ0n) is 18.2. The van der Waals surface area contributed by atoms with Crippen LogP contribution in [0.25, 0.3) is 33.1 Å². The first-order valence-electron chi connectivity index (χ1n) is 11.2. The Morgan fingerprint density at radius 3 is 2.42 bits per heavy atom. The van der Waals surface area contributed by atoms with E-state index >= 15 is 0 Å². The third kappa shape index (κ3) is 4.29.